The van der Waals surface area contributed by atoms with Crippen molar-refractivity contribution >= 4 is 0 Å². The highest BCUT2D eigenvalue weighted by Crippen LogP contribution is 2.14. The van der Waals surface area contributed by atoms with E-state index in [4.69, 9.17) is 5.26 Å². The van der Waals surface area contributed by atoms with E-state index < -0.39 is 5.95 Å². The Kier molecular flexibility index (Phi) is 2.37. The minimum atomic E-state index is -0.539. The van der Waals surface area contributed by atoms with Crippen LogP contribution in [0.4, 0.5) is 4.39 Å². The first kappa shape index (κ1) is 9.27. The molecule has 0 aliphatic heterocycles. The molecular formula is C9H6FN5. The normalized spacial score (nSPS) is 9.87. The van der Waals surface area contributed by atoms with Gasteiger partial charge in [-0.15, -0.1) is 5.10 Å². The van der Waals surface area contributed by atoms with Gasteiger partial charge in [0.05, 0.1) is 12.3 Å². The molecule has 0 aromatic carbocycles. The van der Waals surface area contributed by atoms with Crippen LogP contribution in [0.5, 0.6) is 0 Å². The summed E-state index contributed by atoms with van der Waals surface area (Å²) in [6.07, 6.45) is 2.98. The van der Waals surface area contributed by atoms with Crippen LogP contribution >= 0.6 is 0 Å². The first-order chi connectivity index (χ1) is 7.29. The number of hydrogen-bond acceptors (Lipinski definition) is 4. The van der Waals surface area contributed by atoms with Gasteiger partial charge in [0.2, 0.25) is 5.95 Å². The second-order valence-electron chi connectivity index (χ2n) is 2.83. The van der Waals surface area contributed by atoms with E-state index >= 15 is 0 Å². The summed E-state index contributed by atoms with van der Waals surface area (Å²) in [5.41, 5.74) is 1.23. The van der Waals surface area contributed by atoms with Crippen molar-refractivity contribution in [1.82, 2.24) is 20.0 Å². The number of nitriles is 1. The van der Waals surface area contributed by atoms with Gasteiger partial charge in [0.25, 0.3) is 0 Å². The molecule has 2 aromatic heterocycles. The fourth-order valence-corrected chi connectivity index (χ4v) is 1.11. The Balaban J connectivity index is 2.30. The SMILES string of the molecule is N#CCn1cc(-c2ccc(F)nc2)nn1. The molecule has 0 saturated heterocycles. The Morgan fingerprint density at radius 1 is 1.47 bits per heavy atom. The molecule has 0 N–H and O–H groups in total. The zero-order chi connectivity index (χ0) is 10.7. The lowest BCUT2D eigenvalue weighted by molar-refractivity contribution is 0.584. The molecule has 0 saturated carbocycles. The number of nitrogens with zero attached hydrogens (tertiary/aromatic N) is 5. The van der Waals surface area contributed by atoms with Crippen LogP contribution in [0.25, 0.3) is 11.3 Å². The number of aromatic nitrogens is 4. The number of halogens is 1. The van der Waals surface area contributed by atoms with Gasteiger partial charge in [-0.05, 0) is 12.1 Å². The van der Waals surface area contributed by atoms with Gasteiger partial charge in [-0.1, -0.05) is 5.21 Å². The molecule has 5 nitrogen and oxygen atoms in total. The molecule has 15 heavy (non-hydrogen) atoms. The highest BCUT2D eigenvalue weighted by Gasteiger charge is 2.03. The summed E-state index contributed by atoms with van der Waals surface area (Å²) in [7, 11) is 0. The molecule has 2 rings (SSSR count). The summed E-state index contributed by atoms with van der Waals surface area (Å²) in [5.74, 6) is -0.539. The number of rotatable bonds is 2. The number of hydrogen-bond donors (Lipinski definition) is 0. The maximum Gasteiger partial charge on any atom is 0.212 e. The first-order valence-corrected chi connectivity index (χ1v) is 4.18. The molecular weight excluding hydrogens is 197 g/mol. The van der Waals surface area contributed by atoms with E-state index in [9.17, 15) is 4.39 Å². The zero-order valence-corrected chi connectivity index (χ0v) is 7.63. The van der Waals surface area contributed by atoms with Crippen LogP contribution in [0.3, 0.4) is 0 Å². The summed E-state index contributed by atoms with van der Waals surface area (Å²) in [5, 5.41) is 16.0. The Hall–Kier alpha value is -2.29. The van der Waals surface area contributed by atoms with Crippen molar-refractivity contribution in [2.45, 2.75) is 6.54 Å². The van der Waals surface area contributed by atoms with Crippen molar-refractivity contribution in [2.24, 2.45) is 0 Å². The van der Waals surface area contributed by atoms with E-state index in [1.54, 1.807) is 12.3 Å². The van der Waals surface area contributed by atoms with Crippen LogP contribution in [0.1, 0.15) is 0 Å². The van der Waals surface area contributed by atoms with Crippen LogP contribution < -0.4 is 0 Å². The highest BCUT2D eigenvalue weighted by atomic mass is 19.1. The zero-order valence-electron chi connectivity index (χ0n) is 7.63. The second-order valence-corrected chi connectivity index (χ2v) is 2.83. The van der Waals surface area contributed by atoms with Crippen LogP contribution in [0.15, 0.2) is 24.5 Å². The molecule has 0 bridgehead atoms. The van der Waals surface area contributed by atoms with Gasteiger partial charge in [-0.3, -0.25) is 0 Å². The van der Waals surface area contributed by atoms with Crippen LogP contribution in [0.2, 0.25) is 0 Å². The molecule has 2 aromatic rings. The lowest BCUT2D eigenvalue weighted by Gasteiger charge is -1.93. The van der Waals surface area contributed by atoms with Crippen molar-refractivity contribution < 1.29 is 4.39 Å². The molecule has 2 heterocycles. The van der Waals surface area contributed by atoms with Crippen molar-refractivity contribution in [2.75, 3.05) is 0 Å². The lowest BCUT2D eigenvalue weighted by Crippen LogP contribution is -1.94. The van der Waals surface area contributed by atoms with Gasteiger partial charge < -0.3 is 0 Å². The van der Waals surface area contributed by atoms with Gasteiger partial charge in [0.15, 0.2) is 0 Å². The van der Waals surface area contributed by atoms with Gasteiger partial charge >= 0.3 is 0 Å². The Bertz CT molecular complexity index is 496. The lowest BCUT2D eigenvalue weighted by atomic mass is 10.2. The van der Waals surface area contributed by atoms with E-state index in [-0.39, 0.29) is 6.54 Å². The van der Waals surface area contributed by atoms with Gasteiger partial charge in [0.1, 0.15) is 12.2 Å². The van der Waals surface area contributed by atoms with Gasteiger partial charge in [-0.25, -0.2) is 9.67 Å². The minimum absolute atomic E-state index is 0.140. The standard InChI is InChI=1S/C9H6FN5/c10-9-2-1-7(5-12-9)8-6-15(4-3-11)14-13-8/h1-2,5-6H,4H2. The van der Waals surface area contributed by atoms with Crippen LogP contribution in [0, 0.1) is 17.3 Å². The molecule has 74 valence electrons. The van der Waals surface area contributed by atoms with Crippen LogP contribution in [-0.4, -0.2) is 20.0 Å². The van der Waals surface area contributed by atoms with E-state index in [0.29, 0.717) is 11.3 Å². The van der Waals surface area contributed by atoms with Gasteiger partial charge in [0, 0.05) is 11.8 Å². The smallest absolute Gasteiger partial charge is 0.212 e. The summed E-state index contributed by atoms with van der Waals surface area (Å²) in [6, 6.07) is 4.75. The monoisotopic (exact) mass is 203 g/mol. The molecule has 0 aliphatic rings. The molecule has 0 radical (unpaired) electrons. The molecule has 0 unspecified atom stereocenters. The molecule has 0 amide bonds. The Morgan fingerprint density at radius 3 is 3.00 bits per heavy atom. The number of pyridine rings is 1. The highest BCUT2D eigenvalue weighted by molar-refractivity contribution is 5.55. The molecule has 0 fully saturated rings. The van der Waals surface area contributed by atoms with Crippen molar-refractivity contribution in [3.05, 3.63) is 30.5 Å². The van der Waals surface area contributed by atoms with E-state index in [1.807, 2.05) is 6.07 Å². The summed E-state index contributed by atoms with van der Waals surface area (Å²) in [6.45, 7) is 0.140. The van der Waals surface area contributed by atoms with Crippen LogP contribution in [-0.2, 0) is 6.54 Å². The summed E-state index contributed by atoms with van der Waals surface area (Å²) < 4.78 is 13.9. The third-order valence-corrected chi connectivity index (χ3v) is 1.79. The van der Waals surface area contributed by atoms with E-state index in [2.05, 4.69) is 15.3 Å². The van der Waals surface area contributed by atoms with Crippen molar-refractivity contribution in [3.63, 3.8) is 0 Å². The minimum Gasteiger partial charge on any atom is -0.238 e. The maximum atomic E-state index is 12.5. The van der Waals surface area contributed by atoms with Crippen molar-refractivity contribution in [3.8, 4) is 17.3 Å². The maximum absolute atomic E-state index is 12.5. The molecule has 0 aliphatic carbocycles. The van der Waals surface area contributed by atoms with E-state index in [0.717, 1.165) is 0 Å². The van der Waals surface area contributed by atoms with Gasteiger partial charge in [-0.2, -0.15) is 9.65 Å². The Labute approximate surface area is 84.8 Å². The fraction of sp³-hybridized carbons (Fsp3) is 0.111. The molecule has 0 spiro atoms. The van der Waals surface area contributed by atoms with Crippen molar-refractivity contribution in [1.29, 1.82) is 5.26 Å². The average Bonchev–Trinajstić information content (AvgIpc) is 2.68. The largest absolute Gasteiger partial charge is 0.238 e. The second kappa shape index (κ2) is 3.84. The predicted molar refractivity (Wildman–Crippen MR) is 48.8 cm³/mol. The van der Waals surface area contributed by atoms with E-state index in [1.165, 1.54) is 16.9 Å². The average molecular weight is 203 g/mol. The quantitative estimate of drug-likeness (QED) is 0.683. The summed E-state index contributed by atoms with van der Waals surface area (Å²) in [4.78, 5) is 3.50. The topological polar surface area (TPSA) is 67.4 Å². The third-order valence-electron chi connectivity index (χ3n) is 1.79. The predicted octanol–water partition coefficient (Wildman–Crippen LogP) is 1.00. The summed E-state index contributed by atoms with van der Waals surface area (Å²) >= 11 is 0. The fourth-order valence-electron chi connectivity index (χ4n) is 1.11. The first-order valence-electron chi connectivity index (χ1n) is 4.18. The third kappa shape index (κ3) is 1.96. The Morgan fingerprint density at radius 2 is 2.33 bits per heavy atom. The molecule has 6 heteroatoms. The molecule has 0 atom stereocenters.